The van der Waals surface area contributed by atoms with E-state index in [2.05, 4.69) is 20.8 Å². The molecule has 1 heterocycles. The minimum Gasteiger partial charge on any atom is -0.493 e. The summed E-state index contributed by atoms with van der Waals surface area (Å²) in [6.07, 6.45) is 3.35. The van der Waals surface area contributed by atoms with Gasteiger partial charge in [-0.3, -0.25) is 5.10 Å². The van der Waals surface area contributed by atoms with Crippen molar-refractivity contribution in [2.24, 2.45) is 0 Å². The third kappa shape index (κ3) is 2.71. The third-order valence-corrected chi connectivity index (χ3v) is 4.78. The number of carbonyl (C=O) groups excluding carboxylic acids is 1. The highest BCUT2D eigenvalue weighted by Gasteiger charge is 2.28. The molecule has 1 aliphatic rings. The molecule has 0 saturated carbocycles. The SMILES string of the molecule is COc1ccc2c(c1OC)CC[C@@H]2NC(=O)Nc1cccc2[nH]ncc12. The summed E-state index contributed by atoms with van der Waals surface area (Å²) in [4.78, 5) is 12.5. The first-order valence-corrected chi connectivity index (χ1v) is 8.44. The fourth-order valence-electron chi connectivity index (χ4n) is 3.58. The van der Waals surface area contributed by atoms with Crippen LogP contribution in [-0.2, 0) is 6.42 Å². The van der Waals surface area contributed by atoms with Crippen molar-refractivity contribution in [3.63, 3.8) is 0 Å². The van der Waals surface area contributed by atoms with Crippen LogP contribution in [0.5, 0.6) is 11.5 Å². The molecule has 26 heavy (non-hydrogen) atoms. The van der Waals surface area contributed by atoms with Crippen molar-refractivity contribution in [2.45, 2.75) is 18.9 Å². The Morgan fingerprint density at radius 2 is 2.12 bits per heavy atom. The number of urea groups is 1. The number of amides is 2. The first kappa shape index (κ1) is 16.3. The lowest BCUT2D eigenvalue weighted by Crippen LogP contribution is -2.31. The number of carbonyl (C=O) groups is 1. The smallest absolute Gasteiger partial charge is 0.319 e. The van der Waals surface area contributed by atoms with Gasteiger partial charge in [0.25, 0.3) is 0 Å². The van der Waals surface area contributed by atoms with Gasteiger partial charge in [-0.05, 0) is 36.6 Å². The van der Waals surface area contributed by atoms with E-state index in [0.717, 1.165) is 46.3 Å². The quantitative estimate of drug-likeness (QED) is 0.671. The fourth-order valence-corrected chi connectivity index (χ4v) is 3.58. The molecule has 0 fully saturated rings. The van der Waals surface area contributed by atoms with Gasteiger partial charge in [-0.2, -0.15) is 5.10 Å². The van der Waals surface area contributed by atoms with E-state index in [-0.39, 0.29) is 12.1 Å². The molecule has 1 aliphatic carbocycles. The number of aromatic amines is 1. The Labute approximate surface area is 150 Å². The first-order valence-electron chi connectivity index (χ1n) is 8.44. The molecule has 0 unspecified atom stereocenters. The maximum Gasteiger partial charge on any atom is 0.319 e. The lowest BCUT2D eigenvalue weighted by molar-refractivity contribution is 0.248. The number of fused-ring (bicyclic) bond motifs is 2. The van der Waals surface area contributed by atoms with Crippen LogP contribution in [0.2, 0.25) is 0 Å². The number of nitrogens with zero attached hydrogens (tertiary/aromatic N) is 1. The zero-order valence-corrected chi connectivity index (χ0v) is 14.6. The highest BCUT2D eigenvalue weighted by molar-refractivity contribution is 6.00. The van der Waals surface area contributed by atoms with Crippen LogP contribution in [0.25, 0.3) is 10.9 Å². The summed E-state index contributed by atoms with van der Waals surface area (Å²) in [7, 11) is 3.26. The minimum atomic E-state index is -0.244. The molecule has 0 saturated heterocycles. The van der Waals surface area contributed by atoms with Crippen LogP contribution < -0.4 is 20.1 Å². The fraction of sp³-hybridized carbons (Fsp3) is 0.263. The number of hydrogen-bond donors (Lipinski definition) is 3. The first-order chi connectivity index (χ1) is 12.7. The highest BCUT2D eigenvalue weighted by atomic mass is 16.5. The maximum absolute atomic E-state index is 12.5. The minimum absolute atomic E-state index is 0.0617. The molecular formula is C19H20N4O3. The summed E-state index contributed by atoms with van der Waals surface area (Å²) >= 11 is 0. The van der Waals surface area contributed by atoms with Gasteiger partial charge in [0.1, 0.15) is 0 Å². The number of aromatic nitrogens is 2. The lowest BCUT2D eigenvalue weighted by Gasteiger charge is -2.17. The van der Waals surface area contributed by atoms with Gasteiger partial charge in [-0.15, -0.1) is 0 Å². The third-order valence-electron chi connectivity index (χ3n) is 4.78. The largest absolute Gasteiger partial charge is 0.493 e. The Bertz CT molecular complexity index is 967. The molecule has 0 bridgehead atoms. The second-order valence-electron chi connectivity index (χ2n) is 6.20. The second kappa shape index (κ2) is 6.59. The molecule has 0 aliphatic heterocycles. The van der Waals surface area contributed by atoms with E-state index in [4.69, 9.17) is 9.47 Å². The Balaban J connectivity index is 1.53. The Hall–Kier alpha value is -3.22. The van der Waals surface area contributed by atoms with Gasteiger partial charge in [-0.25, -0.2) is 4.79 Å². The summed E-state index contributed by atoms with van der Waals surface area (Å²) in [5, 5.41) is 13.8. The van der Waals surface area contributed by atoms with Gasteiger partial charge in [0.15, 0.2) is 11.5 Å². The van der Waals surface area contributed by atoms with E-state index in [1.807, 2.05) is 30.3 Å². The number of hydrogen-bond acceptors (Lipinski definition) is 4. The molecular weight excluding hydrogens is 332 g/mol. The zero-order valence-electron chi connectivity index (χ0n) is 14.6. The molecule has 3 N–H and O–H groups in total. The Morgan fingerprint density at radius 1 is 1.23 bits per heavy atom. The van der Waals surface area contributed by atoms with Crippen molar-refractivity contribution in [1.29, 1.82) is 0 Å². The average molecular weight is 352 g/mol. The lowest BCUT2D eigenvalue weighted by atomic mass is 10.1. The summed E-state index contributed by atoms with van der Waals surface area (Å²) in [5.74, 6) is 1.46. The number of benzene rings is 2. The molecule has 2 amide bonds. The topological polar surface area (TPSA) is 88.3 Å². The van der Waals surface area contributed by atoms with Crippen LogP contribution >= 0.6 is 0 Å². The predicted octanol–water partition coefficient (Wildman–Crippen LogP) is 3.39. The van der Waals surface area contributed by atoms with Crippen molar-refractivity contribution >= 4 is 22.6 Å². The molecule has 4 rings (SSSR count). The molecule has 1 atom stereocenters. The predicted molar refractivity (Wildman–Crippen MR) is 98.9 cm³/mol. The van der Waals surface area contributed by atoms with Gasteiger partial charge in [-0.1, -0.05) is 12.1 Å². The van der Waals surface area contributed by atoms with Crippen LogP contribution in [0, 0.1) is 0 Å². The maximum atomic E-state index is 12.5. The molecule has 0 radical (unpaired) electrons. The van der Waals surface area contributed by atoms with Crippen molar-refractivity contribution in [3.8, 4) is 11.5 Å². The zero-order chi connectivity index (χ0) is 18.1. The van der Waals surface area contributed by atoms with E-state index < -0.39 is 0 Å². The standard InChI is InChI=1S/C19H20N4O3/c1-25-17-9-7-11-12(18(17)26-2)6-8-15(11)22-19(24)21-14-4-3-5-16-13(14)10-20-23-16/h3-5,7,9-10,15H,6,8H2,1-2H3,(H,20,23)(H2,21,22,24)/t15-/m0/s1. The number of anilines is 1. The van der Waals surface area contributed by atoms with Crippen LogP contribution in [-0.4, -0.2) is 30.4 Å². The van der Waals surface area contributed by atoms with Crippen LogP contribution in [0.3, 0.4) is 0 Å². The molecule has 7 heteroatoms. The van der Waals surface area contributed by atoms with Crippen molar-refractivity contribution in [3.05, 3.63) is 47.7 Å². The Kier molecular flexibility index (Phi) is 4.12. The number of ether oxygens (including phenoxy) is 2. The normalized spacial score (nSPS) is 15.5. The van der Waals surface area contributed by atoms with Crippen LogP contribution in [0.4, 0.5) is 10.5 Å². The van der Waals surface area contributed by atoms with E-state index in [1.54, 1.807) is 20.4 Å². The number of H-pyrrole nitrogens is 1. The second-order valence-corrected chi connectivity index (χ2v) is 6.20. The molecule has 1 aromatic heterocycles. The van der Waals surface area contributed by atoms with Gasteiger partial charge < -0.3 is 20.1 Å². The summed E-state index contributed by atoms with van der Waals surface area (Å²) in [6.45, 7) is 0. The molecule has 3 aromatic rings. The summed E-state index contributed by atoms with van der Waals surface area (Å²) in [6, 6.07) is 9.21. The summed E-state index contributed by atoms with van der Waals surface area (Å²) < 4.78 is 10.9. The van der Waals surface area contributed by atoms with E-state index >= 15 is 0 Å². The van der Waals surface area contributed by atoms with Crippen LogP contribution in [0.15, 0.2) is 36.5 Å². The van der Waals surface area contributed by atoms with E-state index in [0.29, 0.717) is 5.75 Å². The average Bonchev–Trinajstić information content (AvgIpc) is 3.28. The van der Waals surface area contributed by atoms with E-state index in [9.17, 15) is 4.79 Å². The van der Waals surface area contributed by atoms with Gasteiger partial charge in [0.05, 0.1) is 37.7 Å². The monoisotopic (exact) mass is 352 g/mol. The number of rotatable bonds is 4. The molecule has 0 spiro atoms. The number of nitrogens with one attached hydrogen (secondary N) is 3. The van der Waals surface area contributed by atoms with Crippen molar-refractivity contribution in [2.75, 3.05) is 19.5 Å². The van der Waals surface area contributed by atoms with Gasteiger partial charge in [0.2, 0.25) is 0 Å². The number of methoxy groups -OCH3 is 2. The molecule has 7 nitrogen and oxygen atoms in total. The van der Waals surface area contributed by atoms with Crippen molar-refractivity contribution < 1.29 is 14.3 Å². The van der Waals surface area contributed by atoms with Gasteiger partial charge >= 0.3 is 6.03 Å². The van der Waals surface area contributed by atoms with E-state index in [1.165, 1.54) is 0 Å². The summed E-state index contributed by atoms with van der Waals surface area (Å²) in [5.41, 5.74) is 3.76. The van der Waals surface area contributed by atoms with Gasteiger partial charge in [0, 0.05) is 10.9 Å². The van der Waals surface area contributed by atoms with Crippen molar-refractivity contribution in [1.82, 2.24) is 15.5 Å². The Morgan fingerprint density at radius 3 is 2.92 bits per heavy atom. The highest BCUT2D eigenvalue weighted by Crippen LogP contribution is 2.42. The van der Waals surface area contributed by atoms with Crippen LogP contribution in [0.1, 0.15) is 23.6 Å². The molecule has 134 valence electrons. The molecule has 2 aromatic carbocycles.